The third-order valence-corrected chi connectivity index (χ3v) is 0.679. The Morgan fingerprint density at radius 3 is 3.00 bits per heavy atom. The van der Waals surface area contributed by atoms with Crippen LogP contribution in [0.15, 0.2) is 12.7 Å². The first kappa shape index (κ1) is 7.26. The van der Waals surface area contributed by atoms with Gasteiger partial charge in [0.05, 0.1) is 6.54 Å². The van der Waals surface area contributed by atoms with Crippen molar-refractivity contribution in [2.24, 2.45) is 0 Å². The van der Waals surface area contributed by atoms with Crippen LogP contribution in [0.2, 0.25) is 0 Å². The minimum Gasteiger partial charge on any atom is -0.303 e. The van der Waals surface area contributed by atoms with Crippen LogP contribution in [0, 0.1) is 11.8 Å². The van der Waals surface area contributed by atoms with Gasteiger partial charge in [-0.25, -0.2) is 0 Å². The third kappa shape index (κ3) is 5.26. The van der Waals surface area contributed by atoms with Gasteiger partial charge in [0, 0.05) is 6.54 Å². The Labute approximate surface area is 50.8 Å². The Morgan fingerprint density at radius 1 is 1.75 bits per heavy atom. The van der Waals surface area contributed by atoms with Crippen molar-refractivity contribution in [1.29, 1.82) is 0 Å². The molecule has 0 unspecified atom stereocenters. The number of hydrogen-bond donors (Lipinski definition) is 1. The van der Waals surface area contributed by atoms with Crippen LogP contribution < -0.4 is 5.32 Å². The highest BCUT2D eigenvalue weighted by molar-refractivity contribution is 4.97. The molecule has 1 N–H and O–H groups in total. The molecule has 1 heteroatoms. The van der Waals surface area contributed by atoms with Crippen LogP contribution in [0.1, 0.15) is 6.92 Å². The van der Waals surface area contributed by atoms with Crippen molar-refractivity contribution >= 4 is 0 Å². The monoisotopic (exact) mass is 109 g/mol. The zero-order valence-corrected chi connectivity index (χ0v) is 5.20. The van der Waals surface area contributed by atoms with E-state index < -0.39 is 0 Å². The lowest BCUT2D eigenvalue weighted by molar-refractivity contribution is 0.858. The summed E-state index contributed by atoms with van der Waals surface area (Å²) < 4.78 is 0. The minimum atomic E-state index is 0.766. The van der Waals surface area contributed by atoms with Crippen LogP contribution in [0.5, 0.6) is 0 Å². The normalized spacial score (nSPS) is 7.12. The van der Waals surface area contributed by atoms with E-state index in [0.717, 1.165) is 13.1 Å². The van der Waals surface area contributed by atoms with Crippen LogP contribution in [-0.4, -0.2) is 13.1 Å². The summed E-state index contributed by atoms with van der Waals surface area (Å²) in [7, 11) is 0. The van der Waals surface area contributed by atoms with E-state index in [4.69, 9.17) is 0 Å². The molecule has 0 saturated carbocycles. The highest BCUT2D eigenvalue weighted by Gasteiger charge is 1.70. The molecule has 0 aliphatic rings. The van der Waals surface area contributed by atoms with E-state index >= 15 is 0 Å². The van der Waals surface area contributed by atoms with Crippen molar-refractivity contribution in [2.45, 2.75) is 6.92 Å². The number of rotatable bonds is 3. The van der Waals surface area contributed by atoms with E-state index in [1.54, 1.807) is 0 Å². The predicted molar refractivity (Wildman–Crippen MR) is 36.5 cm³/mol. The summed E-state index contributed by atoms with van der Waals surface area (Å²) in [4.78, 5) is 0. The first-order chi connectivity index (χ1) is 3.91. The Morgan fingerprint density at radius 2 is 2.50 bits per heavy atom. The van der Waals surface area contributed by atoms with Gasteiger partial charge in [-0.05, 0) is 6.92 Å². The third-order valence-electron chi connectivity index (χ3n) is 0.679. The van der Waals surface area contributed by atoms with Crippen molar-refractivity contribution in [3.8, 4) is 11.8 Å². The summed E-state index contributed by atoms with van der Waals surface area (Å²) in [6.45, 7) is 6.98. The zero-order valence-electron chi connectivity index (χ0n) is 5.20. The highest BCUT2D eigenvalue weighted by Crippen LogP contribution is 1.57. The van der Waals surface area contributed by atoms with Gasteiger partial charge in [-0.1, -0.05) is 12.0 Å². The van der Waals surface area contributed by atoms with Crippen molar-refractivity contribution in [3.63, 3.8) is 0 Å². The average molecular weight is 109 g/mol. The quantitative estimate of drug-likeness (QED) is 0.321. The fourth-order valence-corrected chi connectivity index (χ4v) is 0.325. The fourth-order valence-electron chi connectivity index (χ4n) is 0.325. The molecule has 0 aliphatic heterocycles. The molecular formula is C7H11N. The molecule has 0 radical (unpaired) electrons. The molecule has 0 bridgehead atoms. The molecule has 0 aromatic carbocycles. The van der Waals surface area contributed by atoms with Gasteiger partial charge in [0.15, 0.2) is 0 Å². The molecule has 0 aromatic rings. The number of hydrogen-bond acceptors (Lipinski definition) is 1. The van der Waals surface area contributed by atoms with Crippen LogP contribution in [-0.2, 0) is 0 Å². The molecule has 1 nitrogen and oxygen atoms in total. The smallest absolute Gasteiger partial charge is 0.0578 e. The summed E-state index contributed by atoms with van der Waals surface area (Å²) in [5, 5.41) is 3.04. The lowest BCUT2D eigenvalue weighted by atomic mass is 10.5. The second-order valence-electron chi connectivity index (χ2n) is 1.35. The molecular weight excluding hydrogens is 98.1 g/mol. The maximum absolute atomic E-state index is 3.55. The fraction of sp³-hybridized carbons (Fsp3) is 0.429. The van der Waals surface area contributed by atoms with Crippen LogP contribution in [0.25, 0.3) is 0 Å². The highest BCUT2D eigenvalue weighted by atomic mass is 14.8. The molecule has 0 atom stereocenters. The lowest BCUT2D eigenvalue weighted by Crippen LogP contribution is -2.12. The summed E-state index contributed by atoms with van der Waals surface area (Å²) in [6.07, 6.45) is 1.82. The molecule has 0 fully saturated rings. The van der Waals surface area contributed by atoms with E-state index in [-0.39, 0.29) is 0 Å². The van der Waals surface area contributed by atoms with Crippen molar-refractivity contribution < 1.29 is 0 Å². The maximum Gasteiger partial charge on any atom is 0.0578 e. The van der Waals surface area contributed by atoms with Gasteiger partial charge < -0.3 is 5.32 Å². The first-order valence-corrected chi connectivity index (χ1v) is 2.63. The lowest BCUT2D eigenvalue weighted by Gasteiger charge is -1.88. The Kier molecular flexibility index (Phi) is 5.68. The molecule has 0 spiro atoms. The van der Waals surface area contributed by atoms with E-state index in [2.05, 4.69) is 23.7 Å². The van der Waals surface area contributed by atoms with Crippen LogP contribution in [0.3, 0.4) is 0 Å². The molecule has 8 heavy (non-hydrogen) atoms. The van der Waals surface area contributed by atoms with Crippen LogP contribution >= 0.6 is 0 Å². The maximum atomic E-state index is 3.55. The van der Waals surface area contributed by atoms with Gasteiger partial charge in [-0.15, -0.1) is 12.5 Å². The molecule has 0 heterocycles. The Balaban J connectivity index is 2.89. The predicted octanol–water partition coefficient (Wildman–Crippen LogP) is 0.785. The van der Waals surface area contributed by atoms with Gasteiger partial charge in [0.1, 0.15) is 0 Å². The van der Waals surface area contributed by atoms with E-state index in [0.29, 0.717) is 0 Å². The molecule has 0 amide bonds. The van der Waals surface area contributed by atoms with Gasteiger partial charge in [0.2, 0.25) is 0 Å². The van der Waals surface area contributed by atoms with Crippen molar-refractivity contribution in [3.05, 3.63) is 12.7 Å². The average Bonchev–Trinajstić information content (AvgIpc) is 1.81. The van der Waals surface area contributed by atoms with Crippen LogP contribution in [0.4, 0.5) is 0 Å². The first-order valence-electron chi connectivity index (χ1n) is 2.63. The van der Waals surface area contributed by atoms with Gasteiger partial charge in [0.25, 0.3) is 0 Å². The largest absolute Gasteiger partial charge is 0.303 e. The molecule has 44 valence electrons. The molecule has 0 aliphatic carbocycles. The Bertz CT molecular complexity index is 105. The van der Waals surface area contributed by atoms with E-state index in [1.807, 2.05) is 13.0 Å². The van der Waals surface area contributed by atoms with E-state index in [1.165, 1.54) is 0 Å². The van der Waals surface area contributed by atoms with Crippen molar-refractivity contribution in [2.75, 3.05) is 13.1 Å². The minimum absolute atomic E-state index is 0.766. The van der Waals surface area contributed by atoms with Gasteiger partial charge >= 0.3 is 0 Å². The van der Waals surface area contributed by atoms with E-state index in [9.17, 15) is 0 Å². The summed E-state index contributed by atoms with van der Waals surface area (Å²) in [5.74, 6) is 5.65. The zero-order chi connectivity index (χ0) is 6.24. The van der Waals surface area contributed by atoms with Gasteiger partial charge in [-0.2, -0.15) is 0 Å². The summed E-state index contributed by atoms with van der Waals surface area (Å²) >= 11 is 0. The second-order valence-corrected chi connectivity index (χ2v) is 1.35. The number of nitrogens with one attached hydrogen (secondary N) is 1. The topological polar surface area (TPSA) is 12.0 Å². The molecule has 0 saturated heterocycles. The standard InChI is InChI=1S/C7H11N/c1-3-5-7-8-6-4-2/h4,8H,2,6-7H2,1H3. The van der Waals surface area contributed by atoms with Gasteiger partial charge in [-0.3, -0.25) is 0 Å². The van der Waals surface area contributed by atoms with Crippen molar-refractivity contribution in [1.82, 2.24) is 5.32 Å². The molecule has 0 rings (SSSR count). The SMILES string of the molecule is C=CCNCC#CC. The summed E-state index contributed by atoms with van der Waals surface area (Å²) in [6, 6.07) is 0. The second kappa shape index (κ2) is 6.26. The summed E-state index contributed by atoms with van der Waals surface area (Å²) in [5.41, 5.74) is 0. The molecule has 0 aromatic heterocycles. The Hall–Kier alpha value is -0.740.